The Morgan fingerprint density at radius 2 is 1.12 bits per heavy atom. The average molecular weight is 443 g/mol. The van der Waals surface area contributed by atoms with Gasteiger partial charge in [0.1, 0.15) is 5.75 Å². The van der Waals surface area contributed by atoms with E-state index in [-0.39, 0.29) is 0 Å². The summed E-state index contributed by atoms with van der Waals surface area (Å²) in [5.74, 6) is 1.73. The smallest absolute Gasteiger partial charge is 0.127 e. The summed E-state index contributed by atoms with van der Waals surface area (Å²) >= 11 is 0. The van der Waals surface area contributed by atoms with Crippen LogP contribution in [0, 0.1) is 5.92 Å². The molecule has 1 atom stereocenters. The molecule has 0 aliphatic carbocycles. The van der Waals surface area contributed by atoms with Crippen molar-refractivity contribution in [3.8, 4) is 5.75 Å². The Kier molecular flexibility index (Phi) is 8.86. The SMILES string of the molecule is CCCCCCCCC(CCCCCC)COc1ccc2ccc3cccc4ccc1c2c34. The summed E-state index contributed by atoms with van der Waals surface area (Å²) in [5, 5.41) is 7.95. The predicted octanol–water partition coefficient (Wildman–Crippen LogP) is 10.3. The van der Waals surface area contributed by atoms with Crippen LogP contribution in [0.3, 0.4) is 0 Å². The molecule has 0 amide bonds. The molecule has 0 heterocycles. The number of hydrogen-bond donors (Lipinski definition) is 0. The first-order valence-electron chi connectivity index (χ1n) is 13.6. The third-order valence-electron chi connectivity index (χ3n) is 7.40. The van der Waals surface area contributed by atoms with Crippen molar-refractivity contribution in [3.63, 3.8) is 0 Å². The molecule has 1 nitrogen and oxygen atoms in total. The van der Waals surface area contributed by atoms with E-state index in [9.17, 15) is 0 Å². The molecule has 4 aromatic rings. The highest BCUT2D eigenvalue weighted by molar-refractivity contribution is 6.24. The maximum atomic E-state index is 6.58. The van der Waals surface area contributed by atoms with E-state index >= 15 is 0 Å². The quantitative estimate of drug-likeness (QED) is 0.131. The van der Waals surface area contributed by atoms with Gasteiger partial charge >= 0.3 is 0 Å². The number of unbranched alkanes of at least 4 members (excludes halogenated alkanes) is 8. The van der Waals surface area contributed by atoms with Gasteiger partial charge in [0.2, 0.25) is 0 Å². The van der Waals surface area contributed by atoms with Crippen LogP contribution in [-0.4, -0.2) is 6.61 Å². The van der Waals surface area contributed by atoms with Crippen LogP contribution in [0.1, 0.15) is 90.9 Å². The molecule has 4 aromatic carbocycles. The van der Waals surface area contributed by atoms with Gasteiger partial charge in [0.15, 0.2) is 0 Å². The van der Waals surface area contributed by atoms with Crippen molar-refractivity contribution in [3.05, 3.63) is 54.6 Å². The molecule has 0 radical (unpaired) electrons. The van der Waals surface area contributed by atoms with E-state index in [1.807, 2.05) is 0 Å². The van der Waals surface area contributed by atoms with Crippen molar-refractivity contribution in [2.24, 2.45) is 5.92 Å². The Hall–Kier alpha value is -2.28. The van der Waals surface area contributed by atoms with Gasteiger partial charge in [-0.05, 0) is 52.4 Å². The Morgan fingerprint density at radius 1 is 0.576 bits per heavy atom. The second kappa shape index (κ2) is 12.3. The van der Waals surface area contributed by atoms with Crippen molar-refractivity contribution in [1.29, 1.82) is 0 Å². The second-order valence-corrected chi connectivity index (χ2v) is 10.0. The topological polar surface area (TPSA) is 9.23 Å². The number of benzene rings is 4. The molecular formula is C32H42O. The molecule has 0 fully saturated rings. The van der Waals surface area contributed by atoms with E-state index in [4.69, 9.17) is 4.74 Å². The van der Waals surface area contributed by atoms with Gasteiger partial charge in [-0.3, -0.25) is 0 Å². The largest absolute Gasteiger partial charge is 0.493 e. The third-order valence-corrected chi connectivity index (χ3v) is 7.40. The van der Waals surface area contributed by atoms with Crippen LogP contribution in [0.15, 0.2) is 54.6 Å². The maximum Gasteiger partial charge on any atom is 0.127 e. The first-order chi connectivity index (χ1) is 16.3. The molecule has 0 N–H and O–H groups in total. The number of rotatable bonds is 15. The summed E-state index contributed by atoms with van der Waals surface area (Å²) in [4.78, 5) is 0. The molecule has 0 saturated carbocycles. The van der Waals surface area contributed by atoms with Crippen LogP contribution in [0.25, 0.3) is 32.3 Å². The molecule has 176 valence electrons. The highest BCUT2D eigenvalue weighted by Gasteiger charge is 2.14. The highest BCUT2D eigenvalue weighted by Crippen LogP contribution is 2.38. The van der Waals surface area contributed by atoms with Crippen molar-refractivity contribution in [1.82, 2.24) is 0 Å². The fraction of sp³-hybridized carbons (Fsp3) is 0.500. The molecule has 0 saturated heterocycles. The first-order valence-corrected chi connectivity index (χ1v) is 13.6. The monoisotopic (exact) mass is 442 g/mol. The van der Waals surface area contributed by atoms with Crippen molar-refractivity contribution in [2.45, 2.75) is 90.9 Å². The number of hydrogen-bond acceptors (Lipinski definition) is 1. The first kappa shape index (κ1) is 23.9. The van der Waals surface area contributed by atoms with Crippen molar-refractivity contribution in [2.75, 3.05) is 6.61 Å². The van der Waals surface area contributed by atoms with Gasteiger partial charge in [0.25, 0.3) is 0 Å². The lowest BCUT2D eigenvalue weighted by molar-refractivity contribution is 0.226. The van der Waals surface area contributed by atoms with Crippen molar-refractivity contribution < 1.29 is 4.74 Å². The van der Waals surface area contributed by atoms with Crippen LogP contribution in [-0.2, 0) is 0 Å². The summed E-state index contributed by atoms with van der Waals surface area (Å²) in [6.07, 6.45) is 16.2. The highest BCUT2D eigenvalue weighted by atomic mass is 16.5. The van der Waals surface area contributed by atoms with E-state index in [1.54, 1.807) is 0 Å². The Labute approximate surface area is 200 Å². The molecule has 4 rings (SSSR count). The second-order valence-electron chi connectivity index (χ2n) is 10.0. The molecule has 1 unspecified atom stereocenters. The molecule has 0 spiro atoms. The van der Waals surface area contributed by atoms with Crippen LogP contribution in [0.4, 0.5) is 0 Å². The predicted molar refractivity (Wildman–Crippen MR) is 146 cm³/mol. The van der Waals surface area contributed by atoms with Gasteiger partial charge < -0.3 is 4.74 Å². The van der Waals surface area contributed by atoms with E-state index in [2.05, 4.69) is 68.4 Å². The molecule has 0 aromatic heterocycles. The van der Waals surface area contributed by atoms with E-state index in [0.29, 0.717) is 5.92 Å². The zero-order valence-corrected chi connectivity index (χ0v) is 20.9. The van der Waals surface area contributed by atoms with E-state index < -0.39 is 0 Å². The van der Waals surface area contributed by atoms with Gasteiger partial charge in [-0.15, -0.1) is 0 Å². The fourth-order valence-electron chi connectivity index (χ4n) is 5.43. The lowest BCUT2D eigenvalue weighted by atomic mass is 9.93. The van der Waals surface area contributed by atoms with Gasteiger partial charge in [-0.1, -0.05) is 121 Å². The summed E-state index contributed by atoms with van der Waals surface area (Å²) in [7, 11) is 0. The number of ether oxygens (including phenoxy) is 1. The van der Waals surface area contributed by atoms with Crippen molar-refractivity contribution >= 4 is 32.3 Å². The molecular weight excluding hydrogens is 400 g/mol. The van der Waals surface area contributed by atoms with Crippen LogP contribution < -0.4 is 4.74 Å². The van der Waals surface area contributed by atoms with Gasteiger partial charge in [-0.25, -0.2) is 0 Å². The normalized spacial score (nSPS) is 12.8. The van der Waals surface area contributed by atoms with E-state index in [1.165, 1.54) is 109 Å². The van der Waals surface area contributed by atoms with Crippen LogP contribution >= 0.6 is 0 Å². The Balaban J connectivity index is 1.46. The van der Waals surface area contributed by atoms with Gasteiger partial charge in [0, 0.05) is 10.8 Å². The van der Waals surface area contributed by atoms with Crippen LogP contribution in [0.5, 0.6) is 5.75 Å². The summed E-state index contributed by atoms with van der Waals surface area (Å²) in [5.41, 5.74) is 0. The third kappa shape index (κ3) is 5.99. The van der Waals surface area contributed by atoms with Gasteiger partial charge in [0.05, 0.1) is 6.61 Å². The Morgan fingerprint density at radius 3 is 1.82 bits per heavy atom. The minimum atomic E-state index is 0.673. The average Bonchev–Trinajstić information content (AvgIpc) is 2.85. The standard InChI is InChI=1S/C32H42O/c1-3-5-7-9-10-12-15-25(14-11-8-6-4-2)24-33-30-23-21-28-19-18-26-16-13-17-27-20-22-29(30)32(28)31(26)27/h13,16-23,25H,3-12,14-15,24H2,1-2H3. The summed E-state index contributed by atoms with van der Waals surface area (Å²) in [6.45, 7) is 5.44. The zero-order valence-electron chi connectivity index (χ0n) is 20.9. The molecule has 33 heavy (non-hydrogen) atoms. The molecule has 1 heteroatoms. The lowest BCUT2D eigenvalue weighted by Crippen LogP contribution is -2.13. The zero-order chi connectivity index (χ0) is 22.9. The van der Waals surface area contributed by atoms with E-state index in [0.717, 1.165) is 12.4 Å². The minimum Gasteiger partial charge on any atom is -0.493 e. The molecule has 0 aliphatic rings. The Bertz CT molecular complexity index is 1100. The van der Waals surface area contributed by atoms with Crippen LogP contribution in [0.2, 0.25) is 0 Å². The maximum absolute atomic E-state index is 6.58. The summed E-state index contributed by atoms with van der Waals surface area (Å²) < 4.78 is 6.58. The molecule has 0 bridgehead atoms. The molecule has 0 aliphatic heterocycles. The lowest BCUT2D eigenvalue weighted by Gasteiger charge is -2.20. The fourth-order valence-corrected chi connectivity index (χ4v) is 5.43. The summed E-state index contributed by atoms with van der Waals surface area (Å²) in [6, 6.07) is 20.1. The van der Waals surface area contributed by atoms with Gasteiger partial charge in [-0.2, -0.15) is 0 Å². The minimum absolute atomic E-state index is 0.673.